The van der Waals surface area contributed by atoms with Crippen molar-refractivity contribution < 1.29 is 14.0 Å². The predicted molar refractivity (Wildman–Crippen MR) is 84.7 cm³/mol. The van der Waals surface area contributed by atoms with Gasteiger partial charge in [0.05, 0.1) is 0 Å². The summed E-state index contributed by atoms with van der Waals surface area (Å²) < 4.78 is 13.2. The number of amides is 2. The molecule has 1 aliphatic heterocycles. The number of piperazine rings is 1. The molecule has 122 valence electrons. The lowest BCUT2D eigenvalue weighted by Crippen LogP contribution is -2.50. The predicted octanol–water partition coefficient (Wildman–Crippen LogP) is 1.14. The first-order chi connectivity index (χ1) is 10.1. The number of nitrogens with zero attached hydrogens (tertiary/aromatic N) is 2. The second kappa shape index (κ2) is 8.70. The van der Waals surface area contributed by atoms with Gasteiger partial charge in [-0.15, -0.1) is 12.4 Å². The molecule has 1 aromatic carbocycles. The van der Waals surface area contributed by atoms with E-state index >= 15 is 0 Å². The molecule has 0 bridgehead atoms. The largest absolute Gasteiger partial charge is 0.339 e. The highest BCUT2D eigenvalue weighted by Gasteiger charge is 2.24. The Bertz CT molecular complexity index is 519. The van der Waals surface area contributed by atoms with Crippen molar-refractivity contribution in [2.75, 3.05) is 39.8 Å². The Balaban J connectivity index is 0.00000242. The first-order valence-corrected chi connectivity index (χ1v) is 7.09. The molecule has 1 saturated heterocycles. The maximum atomic E-state index is 13.2. The minimum atomic E-state index is -0.415. The Morgan fingerprint density at radius 1 is 1.18 bits per heavy atom. The lowest BCUT2D eigenvalue weighted by molar-refractivity contribution is -0.132. The highest BCUT2D eigenvalue weighted by atomic mass is 35.5. The number of hydrogen-bond donors (Lipinski definition) is 1. The van der Waals surface area contributed by atoms with Crippen molar-refractivity contribution in [1.82, 2.24) is 15.1 Å². The van der Waals surface area contributed by atoms with Gasteiger partial charge in [0.25, 0.3) is 5.91 Å². The van der Waals surface area contributed by atoms with E-state index in [2.05, 4.69) is 5.32 Å². The first kappa shape index (κ1) is 18.4. The number of hydrogen-bond acceptors (Lipinski definition) is 3. The molecule has 0 spiro atoms. The molecule has 0 radical (unpaired) electrons. The Kier molecular flexibility index (Phi) is 7.27. The summed E-state index contributed by atoms with van der Waals surface area (Å²) in [5.41, 5.74) is 0.352. The fraction of sp³-hybridized carbons (Fsp3) is 0.467. The molecule has 2 rings (SSSR count). The molecular weight excluding hydrogens is 309 g/mol. The van der Waals surface area contributed by atoms with Gasteiger partial charge >= 0.3 is 0 Å². The minimum absolute atomic E-state index is 0. The SMILES string of the molecule is CNCCC(=O)N1CCN(C(=O)c2cccc(F)c2)CC1.Cl. The fourth-order valence-electron chi connectivity index (χ4n) is 2.35. The molecule has 5 nitrogen and oxygen atoms in total. The third-order valence-corrected chi connectivity index (χ3v) is 3.58. The number of benzene rings is 1. The zero-order valence-corrected chi connectivity index (χ0v) is 13.4. The molecule has 1 aromatic rings. The highest BCUT2D eigenvalue weighted by molar-refractivity contribution is 5.94. The summed E-state index contributed by atoms with van der Waals surface area (Å²) in [5, 5.41) is 2.94. The van der Waals surface area contributed by atoms with E-state index in [9.17, 15) is 14.0 Å². The second-order valence-corrected chi connectivity index (χ2v) is 5.04. The van der Waals surface area contributed by atoms with Gasteiger partial charge in [-0.05, 0) is 25.2 Å². The van der Waals surface area contributed by atoms with E-state index in [-0.39, 0.29) is 24.2 Å². The zero-order valence-electron chi connectivity index (χ0n) is 12.5. The summed E-state index contributed by atoms with van der Waals surface area (Å²) in [6, 6.07) is 5.69. The van der Waals surface area contributed by atoms with Crippen molar-refractivity contribution >= 4 is 24.2 Å². The summed E-state index contributed by atoms with van der Waals surface area (Å²) in [4.78, 5) is 27.6. The van der Waals surface area contributed by atoms with E-state index < -0.39 is 5.82 Å². The summed E-state index contributed by atoms with van der Waals surface area (Å²) in [7, 11) is 1.81. The van der Waals surface area contributed by atoms with Crippen LogP contribution in [0.4, 0.5) is 4.39 Å². The van der Waals surface area contributed by atoms with Crippen molar-refractivity contribution in [3.05, 3.63) is 35.6 Å². The number of halogens is 2. The standard InChI is InChI=1S/C15H20FN3O2.ClH/c1-17-6-5-14(20)18-7-9-19(10-8-18)15(21)12-3-2-4-13(16)11-12;/h2-4,11,17H,5-10H2,1H3;1H. The zero-order chi connectivity index (χ0) is 15.2. The number of carbonyl (C=O) groups excluding carboxylic acids is 2. The van der Waals surface area contributed by atoms with Crippen LogP contribution < -0.4 is 5.32 Å². The molecule has 1 fully saturated rings. The van der Waals surface area contributed by atoms with Crippen LogP contribution in [0.25, 0.3) is 0 Å². The highest BCUT2D eigenvalue weighted by Crippen LogP contribution is 2.11. The van der Waals surface area contributed by atoms with Gasteiger partial charge in [0, 0.05) is 44.7 Å². The fourth-order valence-corrected chi connectivity index (χ4v) is 2.35. The molecule has 0 aliphatic carbocycles. The molecule has 0 saturated carbocycles. The van der Waals surface area contributed by atoms with Crippen molar-refractivity contribution in [2.45, 2.75) is 6.42 Å². The molecule has 1 heterocycles. The quantitative estimate of drug-likeness (QED) is 0.901. The van der Waals surface area contributed by atoms with Crippen molar-refractivity contribution in [1.29, 1.82) is 0 Å². The number of nitrogens with one attached hydrogen (secondary N) is 1. The third-order valence-electron chi connectivity index (χ3n) is 3.58. The summed E-state index contributed by atoms with van der Waals surface area (Å²) in [6.45, 7) is 2.69. The van der Waals surface area contributed by atoms with Gasteiger partial charge in [-0.2, -0.15) is 0 Å². The summed E-state index contributed by atoms with van der Waals surface area (Å²) in [6.07, 6.45) is 0.467. The first-order valence-electron chi connectivity index (χ1n) is 7.09. The van der Waals surface area contributed by atoms with Gasteiger partial charge in [0.1, 0.15) is 5.82 Å². The van der Waals surface area contributed by atoms with Gasteiger partial charge in [-0.3, -0.25) is 9.59 Å². The molecule has 22 heavy (non-hydrogen) atoms. The van der Waals surface area contributed by atoms with Gasteiger partial charge in [-0.1, -0.05) is 6.07 Å². The topological polar surface area (TPSA) is 52.7 Å². The van der Waals surface area contributed by atoms with Crippen LogP contribution in [0.1, 0.15) is 16.8 Å². The lowest BCUT2D eigenvalue weighted by Gasteiger charge is -2.35. The Morgan fingerprint density at radius 2 is 1.82 bits per heavy atom. The molecular formula is C15H21ClFN3O2. The minimum Gasteiger partial charge on any atom is -0.339 e. The summed E-state index contributed by atoms with van der Waals surface area (Å²) in [5.74, 6) is -0.499. The molecule has 0 unspecified atom stereocenters. The molecule has 0 aromatic heterocycles. The van der Waals surface area contributed by atoms with Crippen LogP contribution in [0, 0.1) is 5.82 Å². The van der Waals surface area contributed by atoms with Crippen LogP contribution in [-0.2, 0) is 4.79 Å². The maximum Gasteiger partial charge on any atom is 0.254 e. The molecule has 1 aliphatic rings. The molecule has 7 heteroatoms. The summed E-state index contributed by atoms with van der Waals surface area (Å²) >= 11 is 0. The van der Waals surface area contributed by atoms with E-state index in [1.165, 1.54) is 18.2 Å². The molecule has 0 atom stereocenters. The monoisotopic (exact) mass is 329 g/mol. The van der Waals surface area contributed by atoms with E-state index in [0.717, 1.165) is 0 Å². The van der Waals surface area contributed by atoms with Crippen molar-refractivity contribution in [2.24, 2.45) is 0 Å². The van der Waals surface area contributed by atoms with Crippen LogP contribution in [-0.4, -0.2) is 61.4 Å². The van der Waals surface area contributed by atoms with Crippen LogP contribution in [0.3, 0.4) is 0 Å². The van der Waals surface area contributed by atoms with Crippen LogP contribution in [0.5, 0.6) is 0 Å². The van der Waals surface area contributed by atoms with Gasteiger partial charge in [0.15, 0.2) is 0 Å². The van der Waals surface area contributed by atoms with E-state index in [4.69, 9.17) is 0 Å². The van der Waals surface area contributed by atoms with Crippen LogP contribution >= 0.6 is 12.4 Å². The average molecular weight is 330 g/mol. The third kappa shape index (κ3) is 4.68. The van der Waals surface area contributed by atoms with Gasteiger partial charge in [0.2, 0.25) is 5.91 Å². The number of carbonyl (C=O) groups is 2. The van der Waals surface area contributed by atoms with Gasteiger partial charge in [-0.25, -0.2) is 4.39 Å². The van der Waals surface area contributed by atoms with Gasteiger partial charge < -0.3 is 15.1 Å². The maximum absolute atomic E-state index is 13.2. The van der Waals surface area contributed by atoms with Crippen LogP contribution in [0.2, 0.25) is 0 Å². The van der Waals surface area contributed by atoms with Crippen molar-refractivity contribution in [3.8, 4) is 0 Å². The van der Waals surface area contributed by atoms with Crippen molar-refractivity contribution in [3.63, 3.8) is 0 Å². The van der Waals surface area contributed by atoms with E-state index in [1.54, 1.807) is 15.9 Å². The Morgan fingerprint density at radius 3 is 2.41 bits per heavy atom. The van der Waals surface area contributed by atoms with Crippen LogP contribution in [0.15, 0.2) is 24.3 Å². The molecule has 1 N–H and O–H groups in total. The average Bonchev–Trinajstić information content (AvgIpc) is 2.52. The smallest absolute Gasteiger partial charge is 0.254 e. The van der Waals surface area contributed by atoms with E-state index in [1.807, 2.05) is 7.05 Å². The Hall–Kier alpha value is -1.66. The second-order valence-electron chi connectivity index (χ2n) is 5.04. The van der Waals surface area contributed by atoms with E-state index in [0.29, 0.717) is 44.7 Å². The molecule has 2 amide bonds. The lowest BCUT2D eigenvalue weighted by atomic mass is 10.1. The Labute approximate surface area is 135 Å². The normalized spacial score (nSPS) is 14.5. The number of rotatable bonds is 4.